The largest absolute Gasteiger partial charge is 0.497 e. The number of benzene rings is 2. The predicted molar refractivity (Wildman–Crippen MR) is 82.8 cm³/mol. The highest BCUT2D eigenvalue weighted by Crippen LogP contribution is 2.34. The molecule has 6 heteroatoms. The lowest BCUT2D eigenvalue weighted by Gasteiger charge is -2.12. The average molecular weight is 316 g/mol. The molecule has 0 bridgehead atoms. The molecule has 0 amide bonds. The van der Waals surface area contributed by atoms with E-state index in [4.69, 9.17) is 18.9 Å². The van der Waals surface area contributed by atoms with Gasteiger partial charge < -0.3 is 18.9 Å². The van der Waals surface area contributed by atoms with Crippen LogP contribution in [0.3, 0.4) is 0 Å². The van der Waals surface area contributed by atoms with Crippen LogP contribution in [0.5, 0.6) is 23.0 Å². The number of hydrogen-bond donors (Lipinski definition) is 0. The van der Waals surface area contributed by atoms with Gasteiger partial charge in [0.15, 0.2) is 11.5 Å². The van der Waals surface area contributed by atoms with E-state index in [0.29, 0.717) is 34.8 Å². The van der Waals surface area contributed by atoms with E-state index in [9.17, 15) is 9.59 Å². The Hall–Kier alpha value is -3.02. The Morgan fingerprint density at radius 3 is 2.26 bits per heavy atom. The highest BCUT2D eigenvalue weighted by molar-refractivity contribution is 5.90. The maximum Gasteiger partial charge on any atom is 0.338 e. The molecule has 2 rings (SSSR count). The molecule has 0 fully saturated rings. The van der Waals surface area contributed by atoms with E-state index in [1.165, 1.54) is 33.5 Å². The summed E-state index contributed by atoms with van der Waals surface area (Å²) in [5.41, 5.74) is 0.726. The number of esters is 1. The molecule has 2 aromatic carbocycles. The normalized spacial score (nSPS) is 9.87. The Labute approximate surface area is 133 Å². The second-order valence-electron chi connectivity index (χ2n) is 4.52. The van der Waals surface area contributed by atoms with Crippen molar-refractivity contribution in [3.05, 3.63) is 47.5 Å². The molecule has 0 aromatic heterocycles. The van der Waals surface area contributed by atoms with Gasteiger partial charge in [0.05, 0.1) is 26.9 Å². The lowest BCUT2D eigenvalue weighted by molar-refractivity contribution is 0.0600. The van der Waals surface area contributed by atoms with Gasteiger partial charge in [0.25, 0.3) is 0 Å². The number of ether oxygens (including phenoxy) is 4. The molecule has 0 aliphatic rings. The number of hydrogen-bond acceptors (Lipinski definition) is 6. The van der Waals surface area contributed by atoms with Gasteiger partial charge in [-0.15, -0.1) is 0 Å². The van der Waals surface area contributed by atoms with Crippen LogP contribution in [0.25, 0.3) is 0 Å². The summed E-state index contributed by atoms with van der Waals surface area (Å²) < 4.78 is 20.8. The van der Waals surface area contributed by atoms with Gasteiger partial charge in [-0.1, -0.05) is 0 Å². The number of aldehydes is 1. The highest BCUT2D eigenvalue weighted by atomic mass is 16.5. The molecular weight excluding hydrogens is 300 g/mol. The van der Waals surface area contributed by atoms with Crippen molar-refractivity contribution in [1.29, 1.82) is 0 Å². The van der Waals surface area contributed by atoms with Crippen molar-refractivity contribution in [1.82, 2.24) is 0 Å². The van der Waals surface area contributed by atoms with Crippen LogP contribution in [0.1, 0.15) is 20.7 Å². The summed E-state index contributed by atoms with van der Waals surface area (Å²) >= 11 is 0. The Morgan fingerprint density at radius 1 is 0.913 bits per heavy atom. The molecule has 0 spiro atoms. The van der Waals surface area contributed by atoms with E-state index >= 15 is 0 Å². The summed E-state index contributed by atoms with van der Waals surface area (Å²) in [6, 6.07) is 9.45. The molecule has 0 N–H and O–H groups in total. The minimum Gasteiger partial charge on any atom is -0.497 e. The fourth-order valence-electron chi connectivity index (χ4n) is 1.96. The average Bonchev–Trinajstić information content (AvgIpc) is 2.60. The molecule has 0 radical (unpaired) electrons. The van der Waals surface area contributed by atoms with Gasteiger partial charge in [0, 0.05) is 11.6 Å². The first-order valence-electron chi connectivity index (χ1n) is 6.69. The predicted octanol–water partition coefficient (Wildman–Crippen LogP) is 3.10. The number of methoxy groups -OCH3 is 3. The summed E-state index contributed by atoms with van der Waals surface area (Å²) in [4.78, 5) is 22.6. The molecule has 0 heterocycles. The van der Waals surface area contributed by atoms with Crippen LogP contribution in [0.4, 0.5) is 0 Å². The van der Waals surface area contributed by atoms with Gasteiger partial charge in [0.2, 0.25) is 0 Å². The Bertz CT molecular complexity index is 723. The van der Waals surface area contributed by atoms with Crippen molar-refractivity contribution in [2.45, 2.75) is 0 Å². The highest BCUT2D eigenvalue weighted by Gasteiger charge is 2.13. The third-order valence-electron chi connectivity index (χ3n) is 3.09. The van der Waals surface area contributed by atoms with Gasteiger partial charge in [-0.25, -0.2) is 4.79 Å². The SMILES string of the molecule is COC(=O)c1cc(OC)cc(Oc2cc(C=O)ccc2OC)c1. The van der Waals surface area contributed by atoms with Crippen LogP contribution in [0.15, 0.2) is 36.4 Å². The molecule has 23 heavy (non-hydrogen) atoms. The second-order valence-corrected chi connectivity index (χ2v) is 4.52. The van der Waals surface area contributed by atoms with Gasteiger partial charge in [0.1, 0.15) is 17.8 Å². The first-order chi connectivity index (χ1) is 11.1. The lowest BCUT2D eigenvalue weighted by Crippen LogP contribution is -2.02. The molecular formula is C17H16O6. The Morgan fingerprint density at radius 2 is 1.65 bits per heavy atom. The van der Waals surface area contributed by atoms with Crippen molar-refractivity contribution in [3.63, 3.8) is 0 Å². The van der Waals surface area contributed by atoms with Crippen molar-refractivity contribution in [3.8, 4) is 23.0 Å². The molecule has 120 valence electrons. The second kappa shape index (κ2) is 7.31. The molecule has 0 unspecified atom stereocenters. The van der Waals surface area contributed by atoms with E-state index in [1.807, 2.05) is 0 Å². The summed E-state index contributed by atoms with van der Waals surface area (Å²) in [5, 5.41) is 0. The smallest absolute Gasteiger partial charge is 0.338 e. The molecule has 0 saturated heterocycles. The van der Waals surface area contributed by atoms with E-state index in [-0.39, 0.29) is 5.56 Å². The van der Waals surface area contributed by atoms with E-state index in [0.717, 1.165) is 0 Å². The van der Waals surface area contributed by atoms with E-state index in [2.05, 4.69) is 0 Å². The fourth-order valence-corrected chi connectivity index (χ4v) is 1.96. The third kappa shape index (κ3) is 3.79. The van der Waals surface area contributed by atoms with Crippen LogP contribution in [0.2, 0.25) is 0 Å². The minimum atomic E-state index is -0.512. The lowest BCUT2D eigenvalue weighted by atomic mass is 10.2. The zero-order chi connectivity index (χ0) is 16.8. The van der Waals surface area contributed by atoms with Crippen LogP contribution in [0, 0.1) is 0 Å². The van der Waals surface area contributed by atoms with Crippen molar-refractivity contribution in [2.24, 2.45) is 0 Å². The van der Waals surface area contributed by atoms with E-state index in [1.54, 1.807) is 24.3 Å². The summed E-state index contributed by atoms with van der Waals surface area (Å²) in [5.74, 6) is 1.08. The van der Waals surface area contributed by atoms with Crippen molar-refractivity contribution >= 4 is 12.3 Å². The topological polar surface area (TPSA) is 71.1 Å². The summed E-state index contributed by atoms with van der Waals surface area (Å²) in [6.07, 6.45) is 0.706. The minimum absolute atomic E-state index is 0.285. The standard InChI is InChI=1S/C17H16O6/c1-20-13-7-12(17(19)22-3)8-14(9-13)23-16-6-11(10-18)4-5-15(16)21-2/h4-10H,1-3H3. The summed E-state index contributed by atoms with van der Waals surface area (Å²) in [6.45, 7) is 0. The molecule has 0 saturated carbocycles. The molecule has 2 aromatic rings. The van der Waals surface area contributed by atoms with Crippen molar-refractivity contribution in [2.75, 3.05) is 21.3 Å². The maximum absolute atomic E-state index is 11.7. The van der Waals surface area contributed by atoms with Crippen LogP contribution in [-0.2, 0) is 4.74 Å². The van der Waals surface area contributed by atoms with E-state index < -0.39 is 5.97 Å². The van der Waals surface area contributed by atoms with Gasteiger partial charge in [-0.3, -0.25) is 4.79 Å². The zero-order valence-corrected chi connectivity index (χ0v) is 13.0. The van der Waals surface area contributed by atoms with Crippen LogP contribution >= 0.6 is 0 Å². The molecule has 6 nitrogen and oxygen atoms in total. The third-order valence-corrected chi connectivity index (χ3v) is 3.09. The first-order valence-corrected chi connectivity index (χ1v) is 6.69. The number of carbonyl (C=O) groups is 2. The van der Waals surface area contributed by atoms with Gasteiger partial charge in [-0.2, -0.15) is 0 Å². The quantitative estimate of drug-likeness (QED) is 0.602. The van der Waals surface area contributed by atoms with Crippen LogP contribution < -0.4 is 14.2 Å². The number of rotatable bonds is 6. The molecule has 0 aliphatic carbocycles. The van der Waals surface area contributed by atoms with Gasteiger partial charge >= 0.3 is 5.97 Å². The van der Waals surface area contributed by atoms with Gasteiger partial charge in [-0.05, 0) is 30.3 Å². The Kier molecular flexibility index (Phi) is 5.19. The molecule has 0 atom stereocenters. The maximum atomic E-state index is 11.7. The molecule has 0 aliphatic heterocycles. The zero-order valence-electron chi connectivity index (χ0n) is 13.0. The van der Waals surface area contributed by atoms with Crippen molar-refractivity contribution < 1.29 is 28.5 Å². The van der Waals surface area contributed by atoms with Crippen LogP contribution in [-0.4, -0.2) is 33.6 Å². The fraction of sp³-hybridized carbons (Fsp3) is 0.176. The summed E-state index contributed by atoms with van der Waals surface area (Å²) in [7, 11) is 4.26. The first kappa shape index (κ1) is 16.4. The number of carbonyl (C=O) groups excluding carboxylic acids is 2. The monoisotopic (exact) mass is 316 g/mol. The Balaban J connectivity index is 2.43.